The maximum atomic E-state index is 12.0. The van der Waals surface area contributed by atoms with Crippen LogP contribution in [0.3, 0.4) is 0 Å². The van der Waals surface area contributed by atoms with Gasteiger partial charge in [-0.1, -0.05) is 17.8 Å². The van der Waals surface area contributed by atoms with Crippen LogP contribution in [0.25, 0.3) is 0 Å². The Morgan fingerprint density at radius 3 is 2.83 bits per heavy atom. The van der Waals surface area contributed by atoms with Crippen LogP contribution in [0.15, 0.2) is 35.7 Å². The van der Waals surface area contributed by atoms with Gasteiger partial charge in [0.15, 0.2) is 5.16 Å². The molecule has 0 aliphatic carbocycles. The normalized spacial score (nSPS) is 10.6. The van der Waals surface area contributed by atoms with Crippen molar-refractivity contribution >= 4 is 29.3 Å². The zero-order valence-corrected chi connectivity index (χ0v) is 14.0. The van der Waals surface area contributed by atoms with Crippen molar-refractivity contribution in [3.63, 3.8) is 0 Å². The predicted octanol–water partition coefficient (Wildman–Crippen LogP) is 2.11. The van der Waals surface area contributed by atoms with Gasteiger partial charge in [-0.2, -0.15) is 0 Å². The van der Waals surface area contributed by atoms with Crippen molar-refractivity contribution in [2.45, 2.75) is 25.1 Å². The van der Waals surface area contributed by atoms with Gasteiger partial charge in [-0.25, -0.2) is 4.79 Å². The first-order valence-electron chi connectivity index (χ1n) is 7.03. The number of aryl methyl sites for hydroxylation is 1. The molecule has 7 nitrogen and oxygen atoms in total. The largest absolute Gasteiger partial charge is 0.459 e. The van der Waals surface area contributed by atoms with Crippen LogP contribution in [0.5, 0.6) is 0 Å². The van der Waals surface area contributed by atoms with E-state index in [1.165, 1.54) is 11.8 Å². The Labute approximate surface area is 138 Å². The molecule has 2 rings (SSSR count). The van der Waals surface area contributed by atoms with Crippen LogP contribution in [0.4, 0.5) is 5.69 Å². The Morgan fingerprint density at radius 1 is 1.39 bits per heavy atom. The number of carbonyl (C=O) groups is 2. The Morgan fingerprint density at radius 2 is 2.17 bits per heavy atom. The smallest absolute Gasteiger partial charge is 0.338 e. The molecule has 8 heteroatoms. The Balaban J connectivity index is 1.93. The number of thioether (sulfide) groups is 1. The molecule has 1 aromatic carbocycles. The van der Waals surface area contributed by atoms with E-state index in [0.29, 0.717) is 16.4 Å². The second-order valence-corrected chi connectivity index (χ2v) is 6.04. The molecule has 0 spiro atoms. The van der Waals surface area contributed by atoms with Crippen molar-refractivity contribution in [3.05, 3.63) is 36.2 Å². The highest BCUT2D eigenvalue weighted by Crippen LogP contribution is 2.16. The third kappa shape index (κ3) is 5.10. The highest BCUT2D eigenvalue weighted by Gasteiger charge is 2.11. The lowest BCUT2D eigenvalue weighted by molar-refractivity contribution is -0.113. The molecule has 0 aliphatic rings. The van der Waals surface area contributed by atoms with Crippen LogP contribution in [0.1, 0.15) is 24.2 Å². The maximum absolute atomic E-state index is 12.0. The number of nitrogens with zero attached hydrogens (tertiary/aromatic N) is 3. The fourth-order valence-electron chi connectivity index (χ4n) is 1.74. The number of benzene rings is 1. The number of aromatic nitrogens is 3. The number of anilines is 1. The molecule has 0 saturated heterocycles. The minimum Gasteiger partial charge on any atom is -0.459 e. The van der Waals surface area contributed by atoms with Gasteiger partial charge in [0.2, 0.25) is 5.91 Å². The van der Waals surface area contributed by atoms with E-state index >= 15 is 0 Å². The summed E-state index contributed by atoms with van der Waals surface area (Å²) in [7, 11) is 1.81. The predicted molar refractivity (Wildman–Crippen MR) is 87.4 cm³/mol. The van der Waals surface area contributed by atoms with Gasteiger partial charge in [0.25, 0.3) is 0 Å². The fraction of sp³-hybridized carbons (Fsp3) is 0.333. The molecule has 1 heterocycles. The zero-order valence-electron chi connectivity index (χ0n) is 13.1. The lowest BCUT2D eigenvalue weighted by atomic mass is 10.2. The van der Waals surface area contributed by atoms with Crippen LogP contribution in [-0.4, -0.2) is 38.5 Å². The molecular formula is C15H18N4O3S. The molecule has 0 saturated carbocycles. The molecule has 1 N–H and O–H groups in total. The SMILES string of the molecule is CC(C)OC(=O)c1cccc(NC(=O)CSc2nncn2C)c1. The highest BCUT2D eigenvalue weighted by molar-refractivity contribution is 7.99. The zero-order chi connectivity index (χ0) is 16.8. The van der Waals surface area contributed by atoms with Crippen molar-refractivity contribution < 1.29 is 14.3 Å². The molecule has 23 heavy (non-hydrogen) atoms. The second-order valence-electron chi connectivity index (χ2n) is 5.10. The average Bonchev–Trinajstić information content (AvgIpc) is 2.90. The van der Waals surface area contributed by atoms with E-state index in [2.05, 4.69) is 15.5 Å². The number of rotatable bonds is 6. The van der Waals surface area contributed by atoms with Crippen LogP contribution < -0.4 is 5.32 Å². The number of ether oxygens (including phenoxy) is 1. The molecule has 0 bridgehead atoms. The van der Waals surface area contributed by atoms with Crippen molar-refractivity contribution in [1.82, 2.24) is 14.8 Å². The molecule has 0 fully saturated rings. The van der Waals surface area contributed by atoms with Gasteiger partial charge < -0.3 is 14.6 Å². The van der Waals surface area contributed by atoms with E-state index in [1.54, 1.807) is 49.0 Å². The number of nitrogens with one attached hydrogen (secondary N) is 1. The molecule has 0 atom stereocenters. The van der Waals surface area contributed by atoms with E-state index in [1.807, 2.05) is 7.05 Å². The van der Waals surface area contributed by atoms with Crippen LogP contribution in [-0.2, 0) is 16.6 Å². The first kappa shape index (κ1) is 17.0. The lowest BCUT2D eigenvalue weighted by Crippen LogP contribution is -2.16. The Hall–Kier alpha value is -2.35. The van der Waals surface area contributed by atoms with E-state index in [9.17, 15) is 9.59 Å². The molecule has 0 unspecified atom stereocenters. The van der Waals surface area contributed by atoms with Gasteiger partial charge in [-0.15, -0.1) is 10.2 Å². The van der Waals surface area contributed by atoms with Crippen molar-refractivity contribution in [2.24, 2.45) is 7.05 Å². The van der Waals surface area contributed by atoms with Gasteiger partial charge in [-0.05, 0) is 32.0 Å². The van der Waals surface area contributed by atoms with E-state index in [4.69, 9.17) is 4.74 Å². The standard InChI is InChI=1S/C15H18N4O3S/c1-10(2)22-14(21)11-5-4-6-12(7-11)17-13(20)8-23-15-18-16-9-19(15)3/h4-7,9-10H,8H2,1-3H3,(H,17,20). The van der Waals surface area contributed by atoms with E-state index < -0.39 is 5.97 Å². The summed E-state index contributed by atoms with van der Waals surface area (Å²) in [5.74, 6) is -0.398. The van der Waals surface area contributed by atoms with Crippen molar-refractivity contribution in [1.29, 1.82) is 0 Å². The molecule has 1 aromatic heterocycles. The summed E-state index contributed by atoms with van der Waals surface area (Å²) in [4.78, 5) is 23.8. The summed E-state index contributed by atoms with van der Waals surface area (Å²) in [6.07, 6.45) is 1.38. The summed E-state index contributed by atoms with van der Waals surface area (Å²) in [6, 6.07) is 6.66. The van der Waals surface area contributed by atoms with Crippen molar-refractivity contribution in [2.75, 3.05) is 11.1 Å². The summed E-state index contributed by atoms with van der Waals surface area (Å²) in [5, 5.41) is 11.1. The van der Waals surface area contributed by atoms with Gasteiger partial charge in [0, 0.05) is 12.7 Å². The second kappa shape index (κ2) is 7.77. The molecule has 0 radical (unpaired) electrons. The minimum absolute atomic E-state index is 0.188. The van der Waals surface area contributed by atoms with Gasteiger partial charge >= 0.3 is 5.97 Å². The molecule has 0 aliphatic heterocycles. The Bertz CT molecular complexity index is 700. The summed E-state index contributed by atoms with van der Waals surface area (Å²) >= 11 is 1.29. The van der Waals surface area contributed by atoms with Crippen LogP contribution in [0, 0.1) is 0 Å². The van der Waals surface area contributed by atoms with Crippen LogP contribution in [0.2, 0.25) is 0 Å². The Kier molecular flexibility index (Phi) is 5.75. The first-order valence-corrected chi connectivity index (χ1v) is 8.02. The number of hydrogen-bond acceptors (Lipinski definition) is 6. The fourth-order valence-corrected chi connectivity index (χ4v) is 2.42. The van der Waals surface area contributed by atoms with Crippen LogP contribution >= 0.6 is 11.8 Å². The maximum Gasteiger partial charge on any atom is 0.338 e. The minimum atomic E-state index is -0.412. The third-order valence-electron chi connectivity index (χ3n) is 2.73. The van der Waals surface area contributed by atoms with E-state index in [0.717, 1.165) is 0 Å². The van der Waals surface area contributed by atoms with Gasteiger partial charge in [0.1, 0.15) is 6.33 Å². The van der Waals surface area contributed by atoms with Gasteiger partial charge in [0.05, 0.1) is 17.4 Å². The quantitative estimate of drug-likeness (QED) is 0.643. The number of hydrogen-bond donors (Lipinski definition) is 1. The summed E-state index contributed by atoms with van der Waals surface area (Å²) in [5.41, 5.74) is 0.948. The molecule has 1 amide bonds. The third-order valence-corrected chi connectivity index (χ3v) is 3.76. The van der Waals surface area contributed by atoms with Crippen molar-refractivity contribution in [3.8, 4) is 0 Å². The molecule has 2 aromatic rings. The average molecular weight is 334 g/mol. The number of esters is 1. The topological polar surface area (TPSA) is 86.1 Å². The highest BCUT2D eigenvalue weighted by atomic mass is 32.2. The van der Waals surface area contributed by atoms with E-state index in [-0.39, 0.29) is 17.8 Å². The first-order chi connectivity index (χ1) is 11.0. The summed E-state index contributed by atoms with van der Waals surface area (Å²) < 4.78 is 6.87. The number of carbonyl (C=O) groups excluding carboxylic acids is 2. The summed E-state index contributed by atoms with van der Waals surface area (Å²) in [6.45, 7) is 3.57. The van der Waals surface area contributed by atoms with Gasteiger partial charge in [-0.3, -0.25) is 4.79 Å². The lowest BCUT2D eigenvalue weighted by Gasteiger charge is -2.09. The molecule has 122 valence electrons. The molecular weight excluding hydrogens is 316 g/mol. The number of amides is 1. The monoisotopic (exact) mass is 334 g/mol.